The highest BCUT2D eigenvalue weighted by Gasteiger charge is 2.33. The fraction of sp³-hybridized carbons (Fsp3) is 0.333. The van der Waals surface area contributed by atoms with Crippen molar-refractivity contribution < 1.29 is 32.7 Å². The Morgan fingerprint density at radius 3 is 2.59 bits per heavy atom. The van der Waals surface area contributed by atoms with E-state index in [1.165, 1.54) is 12.4 Å². The van der Waals surface area contributed by atoms with Crippen LogP contribution < -0.4 is 26.2 Å². The van der Waals surface area contributed by atoms with Gasteiger partial charge >= 0.3 is 6.09 Å². The molecule has 1 atom stereocenters. The summed E-state index contributed by atoms with van der Waals surface area (Å²) in [6.45, 7) is 1.46. The van der Waals surface area contributed by atoms with Crippen molar-refractivity contribution in [3.05, 3.63) is 54.1 Å². The summed E-state index contributed by atoms with van der Waals surface area (Å²) in [7, 11) is 0. The molecule has 3 heterocycles. The Morgan fingerprint density at radius 2 is 1.87 bits per heavy atom. The number of nitrogens with one attached hydrogen (secondary N) is 4. The second-order valence-corrected chi connectivity index (χ2v) is 8.47. The summed E-state index contributed by atoms with van der Waals surface area (Å²) in [5, 5.41) is 10.1. The number of aromatic nitrogens is 3. The summed E-state index contributed by atoms with van der Waals surface area (Å²) < 4.78 is 36.0. The smallest absolute Gasteiger partial charge is 0.414 e. The molecule has 3 aromatic rings. The van der Waals surface area contributed by atoms with E-state index < -0.39 is 41.3 Å². The standard InChI is InChI=1S/C24H26F2N8O5/c1-2-19(35)30-10-15-12-34(24(38)39-15)14-8-16(25)21(17(26)9-14)28-6-5-27-20(36)11-31-22(37)18-13-33-7-3-4-29-23(33)32-18/h3-4,7-9,13,15,28H,2,5-6,10-12H2,1H3,(H,27,36)(H,30,35)(H,31,37)/t15-/m0/s1. The summed E-state index contributed by atoms with van der Waals surface area (Å²) >= 11 is 0. The molecule has 0 saturated carbocycles. The van der Waals surface area contributed by atoms with Gasteiger partial charge in [-0.3, -0.25) is 23.7 Å². The number of halogens is 2. The SMILES string of the molecule is CCC(=O)NC[C@H]1CN(c2cc(F)c(NCCNC(=O)CNC(=O)c3cn4cccnc4n3)c(F)c2)C(=O)O1. The van der Waals surface area contributed by atoms with Crippen molar-refractivity contribution in [3.63, 3.8) is 0 Å². The maximum absolute atomic E-state index is 14.6. The van der Waals surface area contributed by atoms with Gasteiger partial charge in [0.25, 0.3) is 5.91 Å². The van der Waals surface area contributed by atoms with Crippen LogP contribution in [0.5, 0.6) is 0 Å². The summed E-state index contributed by atoms with van der Waals surface area (Å²) in [4.78, 5) is 56.9. The predicted molar refractivity (Wildman–Crippen MR) is 134 cm³/mol. The fourth-order valence-electron chi connectivity index (χ4n) is 3.72. The van der Waals surface area contributed by atoms with E-state index >= 15 is 0 Å². The Bertz CT molecular complexity index is 1340. The first-order chi connectivity index (χ1) is 18.7. The minimum Gasteiger partial charge on any atom is -0.442 e. The second kappa shape index (κ2) is 12.1. The number of hydrogen-bond donors (Lipinski definition) is 4. The van der Waals surface area contributed by atoms with Crippen LogP contribution in [0.1, 0.15) is 23.8 Å². The molecule has 1 fully saturated rings. The maximum Gasteiger partial charge on any atom is 0.414 e. The highest BCUT2D eigenvalue weighted by molar-refractivity contribution is 5.95. The summed E-state index contributed by atoms with van der Waals surface area (Å²) in [5.41, 5.74) is -0.366. The highest BCUT2D eigenvalue weighted by atomic mass is 19.1. The van der Waals surface area contributed by atoms with Gasteiger partial charge in [0.1, 0.15) is 17.5 Å². The van der Waals surface area contributed by atoms with Crippen LogP contribution in [0.4, 0.5) is 25.0 Å². The lowest BCUT2D eigenvalue weighted by Gasteiger charge is -2.16. The molecule has 0 radical (unpaired) electrons. The first-order valence-corrected chi connectivity index (χ1v) is 12.1. The van der Waals surface area contributed by atoms with Crippen LogP contribution in [0.25, 0.3) is 5.78 Å². The van der Waals surface area contributed by atoms with Crippen LogP contribution >= 0.6 is 0 Å². The lowest BCUT2D eigenvalue weighted by molar-refractivity contribution is -0.121. The summed E-state index contributed by atoms with van der Waals surface area (Å²) in [6.07, 6.45) is 3.54. The number of imidazole rings is 1. The minimum absolute atomic E-state index is 0.0111. The third-order valence-corrected chi connectivity index (χ3v) is 5.69. The Kier molecular flexibility index (Phi) is 8.48. The van der Waals surface area contributed by atoms with E-state index in [-0.39, 0.29) is 56.4 Å². The zero-order valence-corrected chi connectivity index (χ0v) is 20.9. The zero-order chi connectivity index (χ0) is 27.9. The molecule has 4 N–H and O–H groups in total. The minimum atomic E-state index is -0.943. The molecule has 13 nitrogen and oxygen atoms in total. The van der Waals surface area contributed by atoms with Crippen molar-refractivity contribution in [2.75, 3.05) is 42.9 Å². The van der Waals surface area contributed by atoms with Crippen LogP contribution in [-0.4, -0.2) is 77.0 Å². The lowest BCUT2D eigenvalue weighted by atomic mass is 10.2. The Morgan fingerprint density at radius 1 is 1.10 bits per heavy atom. The van der Waals surface area contributed by atoms with Crippen LogP contribution in [0.3, 0.4) is 0 Å². The van der Waals surface area contributed by atoms with Crippen molar-refractivity contribution >= 4 is 41.0 Å². The largest absolute Gasteiger partial charge is 0.442 e. The molecule has 1 aliphatic heterocycles. The number of nitrogens with zero attached hydrogens (tertiary/aromatic N) is 4. The molecule has 206 valence electrons. The third kappa shape index (κ3) is 6.74. The molecule has 0 aliphatic carbocycles. The molecule has 0 spiro atoms. The molecule has 4 amide bonds. The molecular weight excluding hydrogens is 518 g/mol. The Labute approximate surface area is 220 Å². The molecule has 2 aromatic heterocycles. The fourth-order valence-corrected chi connectivity index (χ4v) is 3.72. The van der Waals surface area contributed by atoms with E-state index in [1.807, 2.05) is 0 Å². The van der Waals surface area contributed by atoms with Gasteiger partial charge in [-0.2, -0.15) is 0 Å². The van der Waals surface area contributed by atoms with Gasteiger partial charge in [0.05, 0.1) is 25.3 Å². The molecule has 4 rings (SSSR count). The van der Waals surface area contributed by atoms with Gasteiger partial charge in [0.15, 0.2) is 11.6 Å². The molecular formula is C24H26F2N8O5. The topological polar surface area (TPSA) is 159 Å². The first kappa shape index (κ1) is 27.2. The van der Waals surface area contributed by atoms with Gasteiger partial charge in [-0.15, -0.1) is 0 Å². The number of hydrogen-bond acceptors (Lipinski definition) is 8. The van der Waals surface area contributed by atoms with Gasteiger partial charge < -0.3 is 26.0 Å². The van der Waals surface area contributed by atoms with E-state index in [0.717, 1.165) is 17.0 Å². The van der Waals surface area contributed by atoms with Gasteiger partial charge in [-0.05, 0) is 6.07 Å². The van der Waals surface area contributed by atoms with Gasteiger partial charge in [-0.25, -0.2) is 23.5 Å². The van der Waals surface area contributed by atoms with E-state index in [4.69, 9.17) is 4.74 Å². The number of carbonyl (C=O) groups is 4. The van der Waals surface area contributed by atoms with Crippen LogP contribution in [-0.2, 0) is 14.3 Å². The molecule has 0 bridgehead atoms. The van der Waals surface area contributed by atoms with Crippen molar-refractivity contribution in [1.82, 2.24) is 30.3 Å². The highest BCUT2D eigenvalue weighted by Crippen LogP contribution is 2.28. The van der Waals surface area contributed by atoms with Crippen LogP contribution in [0, 0.1) is 11.6 Å². The summed E-state index contributed by atoms with van der Waals surface area (Å²) in [5.74, 6) is -2.83. The molecule has 1 saturated heterocycles. The molecule has 0 unspecified atom stereocenters. The maximum atomic E-state index is 14.6. The molecule has 39 heavy (non-hydrogen) atoms. The third-order valence-electron chi connectivity index (χ3n) is 5.69. The van der Waals surface area contributed by atoms with Crippen molar-refractivity contribution in [1.29, 1.82) is 0 Å². The normalized spacial score (nSPS) is 14.7. The Balaban J connectivity index is 1.22. The van der Waals surface area contributed by atoms with E-state index in [2.05, 4.69) is 31.2 Å². The average Bonchev–Trinajstić information content (AvgIpc) is 3.52. The van der Waals surface area contributed by atoms with Gasteiger partial charge in [0, 0.05) is 50.2 Å². The van der Waals surface area contributed by atoms with E-state index in [9.17, 15) is 28.0 Å². The predicted octanol–water partition coefficient (Wildman–Crippen LogP) is 0.817. The van der Waals surface area contributed by atoms with E-state index in [0.29, 0.717) is 5.78 Å². The van der Waals surface area contributed by atoms with Crippen LogP contribution in [0.2, 0.25) is 0 Å². The first-order valence-electron chi connectivity index (χ1n) is 12.1. The number of cyclic esters (lactones) is 1. The number of benzene rings is 1. The quantitative estimate of drug-likeness (QED) is 0.258. The van der Waals surface area contributed by atoms with Crippen molar-refractivity contribution in [2.45, 2.75) is 19.4 Å². The number of fused-ring (bicyclic) bond motifs is 1. The van der Waals surface area contributed by atoms with Crippen molar-refractivity contribution in [2.24, 2.45) is 0 Å². The van der Waals surface area contributed by atoms with E-state index in [1.54, 1.807) is 23.6 Å². The Hall–Kier alpha value is -4.82. The second-order valence-electron chi connectivity index (χ2n) is 8.47. The molecule has 1 aliphatic rings. The van der Waals surface area contributed by atoms with Gasteiger partial charge in [0.2, 0.25) is 17.6 Å². The number of ether oxygens (including phenoxy) is 1. The zero-order valence-electron chi connectivity index (χ0n) is 20.9. The van der Waals surface area contributed by atoms with Crippen LogP contribution in [0.15, 0.2) is 36.8 Å². The number of anilines is 2. The number of amides is 4. The molecule has 15 heteroatoms. The number of rotatable bonds is 11. The lowest BCUT2D eigenvalue weighted by Crippen LogP contribution is -2.38. The van der Waals surface area contributed by atoms with Crippen molar-refractivity contribution in [3.8, 4) is 0 Å². The monoisotopic (exact) mass is 544 g/mol. The number of carbonyl (C=O) groups excluding carboxylic acids is 4. The average molecular weight is 545 g/mol. The summed E-state index contributed by atoms with van der Waals surface area (Å²) in [6, 6.07) is 3.66. The van der Waals surface area contributed by atoms with Gasteiger partial charge in [-0.1, -0.05) is 6.92 Å². The molecule has 1 aromatic carbocycles.